The predicted octanol–water partition coefficient (Wildman–Crippen LogP) is 7.11. The fourth-order valence-corrected chi connectivity index (χ4v) is 8.19. The van der Waals surface area contributed by atoms with Crippen LogP contribution in [0, 0.1) is 12.8 Å². The van der Waals surface area contributed by atoms with Crippen molar-refractivity contribution in [3.63, 3.8) is 0 Å². The second-order valence-electron chi connectivity index (χ2n) is 12.2. The van der Waals surface area contributed by atoms with E-state index in [1.807, 2.05) is 0 Å². The summed E-state index contributed by atoms with van der Waals surface area (Å²) in [5, 5.41) is 8.68. The zero-order valence-corrected chi connectivity index (χ0v) is 24.3. The van der Waals surface area contributed by atoms with Crippen LogP contribution in [0.1, 0.15) is 105 Å². The van der Waals surface area contributed by atoms with Gasteiger partial charge in [-0.05, 0) is 69.6 Å². The summed E-state index contributed by atoms with van der Waals surface area (Å²) < 4.78 is 10.3. The number of ether oxygens (including phenoxy) is 1. The molecule has 1 saturated heterocycles. The lowest BCUT2D eigenvalue weighted by Gasteiger charge is -2.39. The zero-order chi connectivity index (χ0) is 26.7. The number of carbonyl (C=O) groups is 1. The van der Waals surface area contributed by atoms with Gasteiger partial charge in [-0.3, -0.25) is 4.79 Å². The maximum atomic E-state index is 13.6. The molecule has 7 heteroatoms. The molecule has 3 fully saturated rings. The Morgan fingerprint density at radius 2 is 1.74 bits per heavy atom. The van der Waals surface area contributed by atoms with Crippen LogP contribution >= 0.6 is 11.9 Å². The van der Waals surface area contributed by atoms with E-state index in [1.54, 1.807) is 11.9 Å². The van der Waals surface area contributed by atoms with Gasteiger partial charge in [-0.15, -0.1) is 0 Å². The Balaban J connectivity index is 1.33. The first-order chi connectivity index (χ1) is 19.1. The first-order valence-electron chi connectivity index (χ1n) is 15.3. The van der Waals surface area contributed by atoms with E-state index in [0.717, 1.165) is 61.7 Å². The summed E-state index contributed by atoms with van der Waals surface area (Å²) >= 11 is 1.78. The standard InChI is InChI=1S/C32H44N4O2S/c1-24-28(31(37)33-26-15-19-38-20-16-26)21-30(35(24)23-25-11-5-2-6-12-25)29-22-32(17-9-4-10-18-32)36(34-29)39-27-13-7-3-8-14-27/h3,7-8,13-14,21,25-26H,2,4-6,9-12,15-20,22-23H2,1H3,(H,33,37). The summed E-state index contributed by atoms with van der Waals surface area (Å²) in [6.45, 7) is 4.59. The van der Waals surface area contributed by atoms with Crippen LogP contribution in [0.3, 0.4) is 0 Å². The average molecular weight is 549 g/mol. The minimum atomic E-state index is 0.0598. The quantitative estimate of drug-likeness (QED) is 0.375. The van der Waals surface area contributed by atoms with Crippen LogP contribution in [0.2, 0.25) is 0 Å². The van der Waals surface area contributed by atoms with Crippen LogP contribution in [0.25, 0.3) is 0 Å². The van der Waals surface area contributed by atoms with E-state index in [0.29, 0.717) is 5.92 Å². The normalized spacial score (nSPS) is 22.3. The molecule has 1 N–H and O–H groups in total. The minimum Gasteiger partial charge on any atom is -0.381 e. The Hall–Kier alpha value is -2.25. The molecule has 0 bridgehead atoms. The molecule has 39 heavy (non-hydrogen) atoms. The van der Waals surface area contributed by atoms with Gasteiger partial charge < -0.3 is 14.6 Å². The first kappa shape index (κ1) is 26.9. The van der Waals surface area contributed by atoms with Crippen molar-refractivity contribution in [2.75, 3.05) is 13.2 Å². The van der Waals surface area contributed by atoms with Crippen LogP contribution in [0.4, 0.5) is 0 Å². The number of benzene rings is 1. The number of hydrazone groups is 1. The van der Waals surface area contributed by atoms with E-state index < -0.39 is 0 Å². The fourth-order valence-electron chi connectivity index (χ4n) is 7.13. The molecule has 3 heterocycles. The molecule has 0 unspecified atom stereocenters. The van der Waals surface area contributed by atoms with Crippen LogP contribution in [0.15, 0.2) is 46.4 Å². The largest absolute Gasteiger partial charge is 0.381 e. The van der Waals surface area contributed by atoms with Gasteiger partial charge in [-0.1, -0.05) is 56.7 Å². The highest BCUT2D eigenvalue weighted by atomic mass is 32.2. The molecule has 6 nitrogen and oxygen atoms in total. The first-order valence-corrected chi connectivity index (χ1v) is 16.1. The topological polar surface area (TPSA) is 58.9 Å². The molecule has 6 rings (SSSR count). The number of aromatic nitrogens is 1. The number of rotatable bonds is 7. The van der Waals surface area contributed by atoms with Gasteiger partial charge in [0.15, 0.2) is 0 Å². The molecule has 2 aliphatic carbocycles. The number of amides is 1. The van der Waals surface area contributed by atoms with Crippen LogP contribution in [-0.4, -0.2) is 45.4 Å². The van der Waals surface area contributed by atoms with Gasteiger partial charge in [0.25, 0.3) is 5.91 Å². The van der Waals surface area contributed by atoms with Crippen molar-refractivity contribution >= 4 is 23.6 Å². The molecule has 2 saturated carbocycles. The monoisotopic (exact) mass is 548 g/mol. The summed E-state index contributed by atoms with van der Waals surface area (Å²) in [4.78, 5) is 14.8. The molecule has 1 aromatic heterocycles. The van der Waals surface area contributed by atoms with E-state index in [2.05, 4.69) is 57.6 Å². The molecule has 2 aromatic rings. The average Bonchev–Trinajstić information content (AvgIpc) is 3.47. The third-order valence-electron chi connectivity index (χ3n) is 9.46. The lowest BCUT2D eigenvalue weighted by Crippen LogP contribution is -2.40. The van der Waals surface area contributed by atoms with Crippen molar-refractivity contribution in [1.29, 1.82) is 0 Å². The van der Waals surface area contributed by atoms with Crippen molar-refractivity contribution in [1.82, 2.24) is 14.3 Å². The van der Waals surface area contributed by atoms with Gasteiger partial charge in [0.05, 0.1) is 22.5 Å². The molecule has 1 spiro atoms. The number of nitrogens with zero attached hydrogens (tertiary/aromatic N) is 3. The Morgan fingerprint density at radius 1 is 1.03 bits per heavy atom. The molecule has 1 amide bonds. The highest BCUT2D eigenvalue weighted by Gasteiger charge is 2.45. The maximum absolute atomic E-state index is 13.6. The number of carbonyl (C=O) groups excluding carboxylic acids is 1. The smallest absolute Gasteiger partial charge is 0.253 e. The van der Waals surface area contributed by atoms with Crippen LogP contribution in [-0.2, 0) is 11.3 Å². The van der Waals surface area contributed by atoms with Gasteiger partial charge in [-0.2, -0.15) is 5.10 Å². The van der Waals surface area contributed by atoms with Gasteiger partial charge in [-0.25, -0.2) is 4.41 Å². The number of hydrogen-bond acceptors (Lipinski definition) is 5. The Kier molecular flexibility index (Phi) is 8.35. The van der Waals surface area contributed by atoms with Crippen LogP contribution in [0.5, 0.6) is 0 Å². The molecule has 0 radical (unpaired) electrons. The number of hydrogen-bond donors (Lipinski definition) is 1. The van der Waals surface area contributed by atoms with Gasteiger partial charge in [0, 0.05) is 54.8 Å². The fraction of sp³-hybridized carbons (Fsp3) is 0.625. The van der Waals surface area contributed by atoms with Gasteiger partial charge in [0.1, 0.15) is 0 Å². The lowest BCUT2D eigenvalue weighted by atomic mass is 9.79. The van der Waals surface area contributed by atoms with E-state index in [9.17, 15) is 4.79 Å². The second kappa shape index (κ2) is 12.1. The highest BCUT2D eigenvalue weighted by molar-refractivity contribution is 7.97. The van der Waals surface area contributed by atoms with Crippen molar-refractivity contribution in [2.24, 2.45) is 11.0 Å². The Bertz CT molecular complexity index is 1160. The molecule has 0 atom stereocenters. The van der Waals surface area contributed by atoms with Crippen molar-refractivity contribution in [3.8, 4) is 0 Å². The molecule has 210 valence electrons. The molecular formula is C32H44N4O2S. The van der Waals surface area contributed by atoms with E-state index in [4.69, 9.17) is 9.84 Å². The van der Waals surface area contributed by atoms with Gasteiger partial charge in [0.2, 0.25) is 0 Å². The summed E-state index contributed by atoms with van der Waals surface area (Å²) in [7, 11) is 0. The second-order valence-corrected chi connectivity index (χ2v) is 13.2. The lowest BCUT2D eigenvalue weighted by molar-refractivity contribution is 0.0696. The predicted molar refractivity (Wildman–Crippen MR) is 158 cm³/mol. The Labute approximate surface area is 238 Å². The van der Waals surface area contributed by atoms with E-state index in [-0.39, 0.29) is 17.5 Å². The highest BCUT2D eigenvalue weighted by Crippen LogP contribution is 2.47. The van der Waals surface area contributed by atoms with Crippen molar-refractivity contribution in [2.45, 2.75) is 113 Å². The maximum Gasteiger partial charge on any atom is 0.253 e. The third kappa shape index (κ3) is 5.95. The summed E-state index contributed by atoms with van der Waals surface area (Å²) in [5.41, 5.74) is 4.30. The molecule has 1 aromatic carbocycles. The molecule has 4 aliphatic rings. The van der Waals surface area contributed by atoms with E-state index in [1.165, 1.54) is 69.1 Å². The SMILES string of the molecule is Cc1c(C(=O)NC2CCOCC2)cc(C2=NN(Sc3ccccc3)C3(CCCCC3)C2)n1CC1CCCCC1. The summed E-state index contributed by atoms with van der Waals surface area (Å²) in [6, 6.07) is 13.0. The third-order valence-corrected chi connectivity index (χ3v) is 10.6. The molecular weight excluding hydrogens is 504 g/mol. The summed E-state index contributed by atoms with van der Waals surface area (Å²) in [6.07, 6.45) is 15.5. The van der Waals surface area contributed by atoms with Crippen molar-refractivity contribution in [3.05, 3.63) is 53.3 Å². The molecule has 2 aliphatic heterocycles. The summed E-state index contributed by atoms with van der Waals surface area (Å²) in [5.74, 6) is 0.736. The zero-order valence-electron chi connectivity index (χ0n) is 23.5. The van der Waals surface area contributed by atoms with E-state index >= 15 is 0 Å². The van der Waals surface area contributed by atoms with Gasteiger partial charge >= 0.3 is 0 Å². The van der Waals surface area contributed by atoms with Crippen molar-refractivity contribution < 1.29 is 9.53 Å². The Morgan fingerprint density at radius 3 is 2.49 bits per heavy atom. The number of nitrogens with one attached hydrogen (secondary N) is 1. The van der Waals surface area contributed by atoms with Crippen LogP contribution < -0.4 is 5.32 Å². The minimum absolute atomic E-state index is 0.0598.